The molecule has 8 aromatic carbocycles. The van der Waals surface area contributed by atoms with Crippen molar-refractivity contribution >= 4 is 108 Å². The number of nitrogens with two attached hydrogens (primary N) is 4. The SMILES string of the molecule is COC(=O)[C@@H](OC(C)(C)C)c1c(-c2ccc(C)cc2)cc(I)c(N)c1C.COC(=O)[C@@H](OC(C)(C)C)c1c(-c2ccc(C)cc2)cc2c(c1C)NC(=O)C1(CCCC1)N2.COC(=O)[C@@H](OC(C)(C)C)c1c(-c2ccc(C)cc2)ccc(N)c1C.COC(=O)[C@@H](OC(C)(C)C)c1c(Br)ccc(N)c1C.COC(=O)[C@@H](OC(C)(C)C)c1cccc(N)c1C. The van der Waals surface area contributed by atoms with Crippen molar-refractivity contribution in [3.8, 4) is 33.4 Å². The molecule has 0 aromatic heterocycles. The number of amides is 1. The van der Waals surface area contributed by atoms with Crippen LogP contribution in [0.15, 0.2) is 132 Å². The number of halogens is 2. The van der Waals surface area contributed by atoms with E-state index in [1.165, 1.54) is 46.7 Å². The van der Waals surface area contributed by atoms with Gasteiger partial charge in [-0.1, -0.05) is 136 Å². The molecular formula is C97H128BrIN6O16. The highest BCUT2D eigenvalue weighted by atomic mass is 127. The molecule has 1 saturated carbocycles. The Labute approximate surface area is 738 Å². The summed E-state index contributed by atoms with van der Waals surface area (Å²) in [5.74, 6) is -2.20. The van der Waals surface area contributed by atoms with Gasteiger partial charge in [0, 0.05) is 53.0 Å². The summed E-state index contributed by atoms with van der Waals surface area (Å²) < 4.78 is 56.6. The van der Waals surface area contributed by atoms with Gasteiger partial charge in [-0.05, 0) is 298 Å². The maximum atomic E-state index is 13.1. The Morgan fingerprint density at radius 2 is 0.719 bits per heavy atom. The van der Waals surface area contributed by atoms with Crippen LogP contribution in [0.3, 0.4) is 0 Å². The predicted octanol–water partition coefficient (Wildman–Crippen LogP) is 21.4. The number of hydrogen-bond donors (Lipinski definition) is 6. The number of fused-ring (bicyclic) bond motifs is 1. The minimum Gasteiger partial charge on any atom is -0.467 e. The third kappa shape index (κ3) is 27.0. The monoisotopic (exact) mass is 1840 g/mol. The van der Waals surface area contributed by atoms with Gasteiger partial charge in [-0.25, -0.2) is 24.0 Å². The number of nitrogen functional groups attached to an aromatic ring is 4. The number of hydrogen-bond acceptors (Lipinski definition) is 21. The quantitative estimate of drug-likeness (QED) is 0.0201. The van der Waals surface area contributed by atoms with Crippen molar-refractivity contribution < 1.29 is 76.1 Å². The van der Waals surface area contributed by atoms with Gasteiger partial charge >= 0.3 is 29.8 Å². The molecular weight excluding hydrogens is 1710 g/mol. The first-order valence-corrected chi connectivity index (χ1v) is 42.2. The molecule has 5 atom stereocenters. The molecule has 0 radical (unpaired) electrons. The molecule has 2 aliphatic rings. The second kappa shape index (κ2) is 42.1. The van der Waals surface area contributed by atoms with Gasteiger partial charge in [0.25, 0.3) is 0 Å². The fraction of sp³-hybridized carbons (Fsp3) is 0.443. The molecule has 0 unspecified atom stereocenters. The number of rotatable bonds is 18. The number of aryl methyl sites for hydroxylation is 3. The summed E-state index contributed by atoms with van der Waals surface area (Å²) >= 11 is 5.67. The molecule has 22 nitrogen and oxygen atoms in total. The zero-order chi connectivity index (χ0) is 91.1. The van der Waals surface area contributed by atoms with Gasteiger partial charge in [-0.3, -0.25) is 4.79 Å². The Bertz CT molecular complexity index is 4970. The first-order valence-electron chi connectivity index (χ1n) is 40.3. The number of benzene rings is 8. The van der Waals surface area contributed by atoms with E-state index >= 15 is 0 Å². The minimum absolute atomic E-state index is 0.00371. The van der Waals surface area contributed by atoms with E-state index in [4.69, 9.17) is 70.3 Å². The maximum absolute atomic E-state index is 13.1. The van der Waals surface area contributed by atoms with E-state index in [0.717, 1.165) is 123 Å². The first kappa shape index (κ1) is 100. The zero-order valence-corrected chi connectivity index (χ0v) is 79.7. The van der Waals surface area contributed by atoms with Crippen LogP contribution in [0.25, 0.3) is 33.4 Å². The van der Waals surface area contributed by atoms with Crippen LogP contribution in [-0.2, 0) is 76.1 Å². The van der Waals surface area contributed by atoms with Crippen LogP contribution in [0, 0.1) is 59.0 Å². The van der Waals surface area contributed by atoms with Crippen LogP contribution in [0.2, 0.25) is 0 Å². The summed E-state index contributed by atoms with van der Waals surface area (Å²) in [6.07, 6.45) is -0.492. The standard InChI is InChI=1S/C27H34N2O4.C21H26INO3.C21H27NO3.C14H20BrNO3.C14H21NO3/c1-16-9-11-18(12-10-16)19-15-20-22(28-25(31)27(29-20)13-7-8-14-27)17(2)21(19)23(24(30)32-6)33-26(3,4)5;1-12-7-9-14(10-8-12)15-11-16(22)18(23)13(2)17(15)19(20(24)25-6)26-21(3,4)5;1-13-7-9-15(10-8-13)16-11-12-17(22)14(2)18(16)19(20(23)24-6)25-21(3,4)5;1-8-10(16)7-6-9(15)11(8)12(13(17)18-5)19-14(2,3)4;1-9-10(7-6-8-11(9)15)12(13(16)17-5)18-14(2,3)4/h9-12,15,23,29H,7-8,13-14H2,1-6H3,(H,28,31);7-11,19H,23H2,1-6H3;7-12,19H,22H2,1-6H3;6-7,12H,16H2,1-5H3;6-8,12H,15H2,1-5H3/t23-;2*19-;2*12-/m00000/s1. The van der Waals surface area contributed by atoms with Crippen molar-refractivity contribution in [2.45, 2.75) is 249 Å². The van der Waals surface area contributed by atoms with Crippen LogP contribution in [0.5, 0.6) is 0 Å². The molecule has 121 heavy (non-hydrogen) atoms. The Kier molecular flexibility index (Phi) is 34.9. The predicted molar refractivity (Wildman–Crippen MR) is 496 cm³/mol. The number of anilines is 6. The first-order chi connectivity index (χ1) is 56.2. The third-order valence-corrected chi connectivity index (χ3v) is 21.7. The largest absolute Gasteiger partial charge is 0.467 e. The number of methoxy groups -OCH3 is 5. The molecule has 656 valence electrons. The highest BCUT2D eigenvalue weighted by Crippen LogP contribution is 2.49. The number of ether oxygens (including phenoxy) is 10. The summed E-state index contributed by atoms with van der Waals surface area (Å²) in [4.78, 5) is 75.0. The van der Waals surface area contributed by atoms with Crippen LogP contribution in [-0.4, -0.2) is 105 Å². The average Bonchev–Trinajstić information content (AvgIpc) is 1.72. The Balaban J connectivity index is 0.000000239. The molecule has 1 aliphatic heterocycles. The third-order valence-electron chi connectivity index (χ3n) is 20.1. The van der Waals surface area contributed by atoms with Crippen molar-refractivity contribution in [2.75, 3.05) is 69.1 Å². The number of nitrogens with one attached hydrogen (secondary N) is 2. The van der Waals surface area contributed by atoms with Gasteiger partial charge < -0.3 is 80.9 Å². The van der Waals surface area contributed by atoms with Gasteiger partial charge in [0.05, 0.1) is 74.9 Å². The molecule has 1 fully saturated rings. The van der Waals surface area contributed by atoms with Crippen LogP contribution in [0.4, 0.5) is 34.1 Å². The topological polar surface area (TPSA) is 323 Å². The van der Waals surface area contributed by atoms with Crippen molar-refractivity contribution in [3.63, 3.8) is 0 Å². The van der Waals surface area contributed by atoms with Gasteiger partial charge in [-0.2, -0.15) is 0 Å². The summed E-state index contributed by atoms with van der Waals surface area (Å²) in [5.41, 5.74) is 42.2. The molecule has 0 bridgehead atoms. The van der Waals surface area contributed by atoms with E-state index in [-0.39, 0.29) is 5.91 Å². The maximum Gasteiger partial charge on any atom is 0.339 e. The number of carbonyl (C=O) groups is 6. The number of esters is 5. The summed E-state index contributed by atoms with van der Waals surface area (Å²) in [6.45, 7) is 44.2. The molecule has 1 amide bonds. The van der Waals surface area contributed by atoms with Crippen LogP contribution < -0.4 is 33.6 Å². The summed E-state index contributed by atoms with van der Waals surface area (Å²) in [7, 11) is 6.81. The molecule has 0 saturated heterocycles. The van der Waals surface area contributed by atoms with Gasteiger partial charge in [0.1, 0.15) is 5.54 Å². The Morgan fingerprint density at radius 3 is 1.11 bits per heavy atom. The van der Waals surface area contributed by atoms with E-state index in [2.05, 4.69) is 85.6 Å². The smallest absolute Gasteiger partial charge is 0.339 e. The van der Waals surface area contributed by atoms with E-state index in [1.54, 1.807) is 24.3 Å². The lowest BCUT2D eigenvalue weighted by Crippen LogP contribution is -2.50. The Hall–Kier alpha value is -9.41. The van der Waals surface area contributed by atoms with Crippen LogP contribution in [0.1, 0.15) is 232 Å². The lowest BCUT2D eigenvalue weighted by molar-refractivity contribution is -0.164. The van der Waals surface area contributed by atoms with Crippen molar-refractivity contribution in [1.29, 1.82) is 0 Å². The van der Waals surface area contributed by atoms with Crippen molar-refractivity contribution in [2.24, 2.45) is 0 Å². The summed E-state index contributed by atoms with van der Waals surface area (Å²) in [5, 5.41) is 6.73. The molecule has 8 aromatic rings. The summed E-state index contributed by atoms with van der Waals surface area (Å²) in [6, 6.07) is 41.4. The van der Waals surface area contributed by atoms with E-state index in [9.17, 15) is 28.8 Å². The van der Waals surface area contributed by atoms with E-state index in [1.807, 2.05) is 226 Å². The van der Waals surface area contributed by atoms with E-state index < -0.39 is 93.9 Å². The van der Waals surface area contributed by atoms with Gasteiger partial charge in [-0.15, -0.1) is 0 Å². The van der Waals surface area contributed by atoms with Gasteiger partial charge in [0.2, 0.25) is 5.91 Å². The fourth-order valence-corrected chi connectivity index (χ4v) is 15.3. The minimum atomic E-state index is -0.934. The second-order valence-corrected chi connectivity index (χ2v) is 37.4. The average molecular weight is 1840 g/mol. The van der Waals surface area contributed by atoms with Crippen molar-refractivity contribution in [3.05, 3.63) is 208 Å². The molecule has 10 rings (SSSR count). The highest BCUT2D eigenvalue weighted by Gasteiger charge is 2.46. The zero-order valence-electron chi connectivity index (χ0n) is 75.9. The highest BCUT2D eigenvalue weighted by molar-refractivity contribution is 14.1. The second-order valence-electron chi connectivity index (χ2n) is 35.4. The molecule has 1 spiro atoms. The lowest BCUT2D eigenvalue weighted by atomic mass is 9.86. The van der Waals surface area contributed by atoms with Gasteiger partial charge in [0.15, 0.2) is 30.5 Å². The fourth-order valence-electron chi connectivity index (χ4n) is 13.9. The van der Waals surface area contributed by atoms with E-state index in [0.29, 0.717) is 39.6 Å². The molecule has 10 N–H and O–H groups in total. The normalized spacial score (nSPS) is 14.2. The molecule has 24 heteroatoms. The molecule has 1 aliphatic carbocycles. The molecule has 1 heterocycles. The lowest BCUT2D eigenvalue weighted by Gasteiger charge is -2.38. The van der Waals surface area contributed by atoms with Crippen LogP contribution >= 0.6 is 38.5 Å². The van der Waals surface area contributed by atoms with Crippen molar-refractivity contribution in [1.82, 2.24) is 0 Å². The number of carbonyl (C=O) groups excluding carboxylic acids is 6. The Morgan fingerprint density at radius 1 is 0.397 bits per heavy atom.